The molecule has 0 amide bonds. The molecule has 1 heterocycles. The van der Waals surface area contributed by atoms with Gasteiger partial charge in [0, 0.05) is 23.4 Å². The van der Waals surface area contributed by atoms with E-state index in [2.05, 4.69) is 69.6 Å². The van der Waals surface area contributed by atoms with Crippen molar-refractivity contribution in [1.29, 1.82) is 0 Å². The molecule has 2 nitrogen and oxygen atoms in total. The minimum Gasteiger partial charge on any atom is -0.305 e. The zero-order valence-corrected chi connectivity index (χ0v) is 14.6. The topological polar surface area (TPSA) is 24.9 Å². The maximum Gasteiger partial charge on any atom is 0.0982 e. The van der Waals surface area contributed by atoms with Gasteiger partial charge >= 0.3 is 0 Å². The van der Waals surface area contributed by atoms with Crippen molar-refractivity contribution >= 4 is 11.3 Å². The van der Waals surface area contributed by atoms with E-state index >= 15 is 0 Å². The SMILES string of the molecule is CCc1ccc(C(C)NCc2csc(C(C)(C)C)n2)cc1. The van der Waals surface area contributed by atoms with Gasteiger partial charge in [-0.1, -0.05) is 52.0 Å². The Morgan fingerprint density at radius 2 is 1.86 bits per heavy atom. The number of hydrogen-bond donors (Lipinski definition) is 1. The predicted octanol–water partition coefficient (Wildman–Crippen LogP) is 4.85. The van der Waals surface area contributed by atoms with E-state index in [1.165, 1.54) is 16.1 Å². The lowest BCUT2D eigenvalue weighted by atomic mass is 9.98. The summed E-state index contributed by atoms with van der Waals surface area (Å²) in [5.41, 5.74) is 4.01. The van der Waals surface area contributed by atoms with Gasteiger partial charge in [-0.25, -0.2) is 4.98 Å². The summed E-state index contributed by atoms with van der Waals surface area (Å²) >= 11 is 1.76. The Hall–Kier alpha value is -1.19. The molecular weight excluding hydrogens is 276 g/mol. The number of rotatable bonds is 5. The molecule has 0 aliphatic rings. The fourth-order valence-electron chi connectivity index (χ4n) is 2.15. The average molecular weight is 302 g/mol. The second-order valence-corrected chi connectivity index (χ2v) is 7.45. The maximum atomic E-state index is 4.73. The Kier molecular flexibility index (Phi) is 5.17. The third-order valence-electron chi connectivity index (χ3n) is 3.67. The van der Waals surface area contributed by atoms with Gasteiger partial charge in [0.1, 0.15) is 0 Å². The average Bonchev–Trinajstić information content (AvgIpc) is 2.94. The van der Waals surface area contributed by atoms with E-state index in [0.29, 0.717) is 6.04 Å². The zero-order valence-electron chi connectivity index (χ0n) is 13.7. The van der Waals surface area contributed by atoms with Crippen LogP contribution in [0.25, 0.3) is 0 Å². The lowest BCUT2D eigenvalue weighted by Gasteiger charge is -2.15. The molecular formula is C18H26N2S. The molecule has 1 aromatic carbocycles. The van der Waals surface area contributed by atoms with Crippen LogP contribution in [0.5, 0.6) is 0 Å². The van der Waals surface area contributed by atoms with Crippen LogP contribution < -0.4 is 5.32 Å². The van der Waals surface area contributed by atoms with E-state index in [4.69, 9.17) is 4.98 Å². The Labute approximate surface area is 132 Å². The number of aromatic nitrogens is 1. The molecule has 0 saturated carbocycles. The van der Waals surface area contributed by atoms with E-state index in [1.807, 2.05) is 0 Å². The quantitative estimate of drug-likeness (QED) is 0.853. The highest BCUT2D eigenvalue weighted by Crippen LogP contribution is 2.25. The second-order valence-electron chi connectivity index (χ2n) is 6.59. The third-order valence-corrected chi connectivity index (χ3v) is 4.99. The van der Waals surface area contributed by atoms with E-state index in [-0.39, 0.29) is 5.41 Å². The Bertz CT molecular complexity index is 564. The largest absolute Gasteiger partial charge is 0.305 e. The first-order chi connectivity index (χ1) is 9.90. The molecule has 2 aromatic rings. The Morgan fingerprint density at radius 1 is 1.19 bits per heavy atom. The molecule has 0 radical (unpaired) electrons. The van der Waals surface area contributed by atoms with Crippen LogP contribution in [0.3, 0.4) is 0 Å². The Balaban J connectivity index is 1.94. The van der Waals surface area contributed by atoms with Crippen molar-refractivity contribution in [2.45, 2.75) is 59.0 Å². The molecule has 21 heavy (non-hydrogen) atoms. The van der Waals surface area contributed by atoms with Gasteiger partial charge in [-0.3, -0.25) is 0 Å². The van der Waals surface area contributed by atoms with E-state index in [9.17, 15) is 0 Å². The first kappa shape index (κ1) is 16.2. The summed E-state index contributed by atoms with van der Waals surface area (Å²) in [7, 11) is 0. The van der Waals surface area contributed by atoms with Crippen molar-refractivity contribution in [2.24, 2.45) is 0 Å². The summed E-state index contributed by atoms with van der Waals surface area (Å²) in [6, 6.07) is 9.22. The van der Waals surface area contributed by atoms with Gasteiger partial charge in [0.25, 0.3) is 0 Å². The van der Waals surface area contributed by atoms with Crippen LogP contribution in [0.1, 0.15) is 62.5 Å². The minimum atomic E-state index is 0.143. The third kappa shape index (κ3) is 4.39. The highest BCUT2D eigenvalue weighted by molar-refractivity contribution is 7.09. The molecule has 0 bridgehead atoms. The Morgan fingerprint density at radius 3 is 2.38 bits per heavy atom. The van der Waals surface area contributed by atoms with Crippen LogP contribution in [0.2, 0.25) is 0 Å². The molecule has 2 rings (SSSR count). The van der Waals surface area contributed by atoms with Crippen molar-refractivity contribution < 1.29 is 0 Å². The fourth-order valence-corrected chi connectivity index (χ4v) is 3.06. The van der Waals surface area contributed by atoms with Crippen LogP contribution in [0.15, 0.2) is 29.6 Å². The molecule has 0 spiro atoms. The van der Waals surface area contributed by atoms with E-state index < -0.39 is 0 Å². The number of thiazole rings is 1. The lowest BCUT2D eigenvalue weighted by molar-refractivity contribution is 0.556. The van der Waals surface area contributed by atoms with E-state index in [0.717, 1.165) is 18.7 Å². The standard InChI is InChI=1S/C18H26N2S/c1-6-14-7-9-15(10-8-14)13(2)19-11-16-12-21-17(20-16)18(3,4)5/h7-10,12-13,19H,6,11H2,1-5H3. The van der Waals surface area contributed by atoms with E-state index in [1.54, 1.807) is 11.3 Å². The monoisotopic (exact) mass is 302 g/mol. The first-order valence-corrected chi connectivity index (χ1v) is 8.55. The van der Waals surface area contributed by atoms with Gasteiger partial charge in [-0.15, -0.1) is 11.3 Å². The fraction of sp³-hybridized carbons (Fsp3) is 0.500. The molecule has 0 aliphatic carbocycles. The highest BCUT2D eigenvalue weighted by Gasteiger charge is 2.18. The van der Waals surface area contributed by atoms with Crippen LogP contribution in [0.4, 0.5) is 0 Å². The molecule has 0 aliphatic heterocycles. The summed E-state index contributed by atoms with van der Waals surface area (Å²) in [5.74, 6) is 0. The lowest BCUT2D eigenvalue weighted by Crippen LogP contribution is -2.18. The number of nitrogens with zero attached hydrogens (tertiary/aromatic N) is 1. The van der Waals surface area contributed by atoms with Crippen molar-refractivity contribution in [1.82, 2.24) is 10.3 Å². The van der Waals surface area contributed by atoms with Crippen molar-refractivity contribution in [3.05, 3.63) is 51.5 Å². The van der Waals surface area contributed by atoms with Gasteiger partial charge in [-0.05, 0) is 24.5 Å². The minimum absolute atomic E-state index is 0.143. The first-order valence-electron chi connectivity index (χ1n) is 7.67. The molecule has 1 unspecified atom stereocenters. The molecule has 1 N–H and O–H groups in total. The van der Waals surface area contributed by atoms with Gasteiger partial charge in [-0.2, -0.15) is 0 Å². The molecule has 1 aromatic heterocycles. The smallest absolute Gasteiger partial charge is 0.0982 e. The number of nitrogens with one attached hydrogen (secondary N) is 1. The molecule has 1 atom stereocenters. The molecule has 3 heteroatoms. The second kappa shape index (κ2) is 6.71. The summed E-state index contributed by atoms with van der Waals surface area (Å²) in [6.07, 6.45) is 1.09. The number of hydrogen-bond acceptors (Lipinski definition) is 3. The molecule has 0 saturated heterocycles. The number of aryl methyl sites for hydroxylation is 1. The van der Waals surface area contributed by atoms with Crippen LogP contribution in [-0.4, -0.2) is 4.98 Å². The predicted molar refractivity (Wildman–Crippen MR) is 91.9 cm³/mol. The van der Waals surface area contributed by atoms with Crippen molar-refractivity contribution in [3.8, 4) is 0 Å². The summed E-state index contributed by atoms with van der Waals surface area (Å²) in [5, 5.41) is 6.94. The van der Waals surface area contributed by atoms with Gasteiger partial charge < -0.3 is 5.32 Å². The zero-order chi connectivity index (χ0) is 15.5. The van der Waals surface area contributed by atoms with Gasteiger partial charge in [0.15, 0.2) is 0 Å². The van der Waals surface area contributed by atoms with Crippen molar-refractivity contribution in [2.75, 3.05) is 0 Å². The summed E-state index contributed by atoms with van der Waals surface area (Å²) in [4.78, 5) is 4.73. The normalized spacial score (nSPS) is 13.4. The molecule has 114 valence electrons. The highest BCUT2D eigenvalue weighted by atomic mass is 32.1. The van der Waals surface area contributed by atoms with Crippen molar-refractivity contribution in [3.63, 3.8) is 0 Å². The van der Waals surface area contributed by atoms with Crippen LogP contribution in [0, 0.1) is 0 Å². The number of benzene rings is 1. The van der Waals surface area contributed by atoms with Crippen LogP contribution in [-0.2, 0) is 18.4 Å². The summed E-state index contributed by atoms with van der Waals surface area (Å²) in [6.45, 7) is 11.8. The van der Waals surface area contributed by atoms with Crippen LogP contribution >= 0.6 is 11.3 Å². The summed E-state index contributed by atoms with van der Waals surface area (Å²) < 4.78 is 0. The molecule has 0 fully saturated rings. The van der Waals surface area contributed by atoms with Gasteiger partial charge in [0.05, 0.1) is 10.7 Å². The maximum absolute atomic E-state index is 4.73. The van der Waals surface area contributed by atoms with Gasteiger partial charge in [0.2, 0.25) is 0 Å².